The predicted molar refractivity (Wildman–Crippen MR) is 45.2 cm³/mol. The van der Waals surface area contributed by atoms with E-state index in [4.69, 9.17) is 10.6 Å². The van der Waals surface area contributed by atoms with E-state index >= 15 is 0 Å². The molecule has 70 valence electrons. The Hall–Kier alpha value is -0.610. The number of hydrogen-bond acceptors (Lipinski definition) is 3. The van der Waals surface area contributed by atoms with Gasteiger partial charge in [-0.3, -0.25) is 9.63 Å². The van der Waals surface area contributed by atoms with Gasteiger partial charge in [0.1, 0.15) is 0 Å². The van der Waals surface area contributed by atoms with Crippen LogP contribution in [0.4, 0.5) is 0 Å². The third-order valence-electron chi connectivity index (χ3n) is 1.85. The van der Waals surface area contributed by atoms with E-state index in [0.717, 1.165) is 12.8 Å². The molecule has 0 aliphatic carbocycles. The van der Waals surface area contributed by atoms with Crippen LogP contribution in [0.5, 0.6) is 0 Å². The molecule has 12 heavy (non-hydrogen) atoms. The van der Waals surface area contributed by atoms with Gasteiger partial charge in [0.25, 0.3) is 0 Å². The van der Waals surface area contributed by atoms with Gasteiger partial charge in [0.15, 0.2) is 0 Å². The van der Waals surface area contributed by atoms with Gasteiger partial charge in [-0.2, -0.15) is 0 Å². The third-order valence-corrected chi connectivity index (χ3v) is 1.85. The van der Waals surface area contributed by atoms with Crippen molar-refractivity contribution in [2.75, 3.05) is 13.2 Å². The van der Waals surface area contributed by atoms with Crippen LogP contribution in [-0.2, 0) is 9.63 Å². The Bertz CT molecular complexity index is 159. The van der Waals surface area contributed by atoms with Crippen LogP contribution in [0, 0.1) is 0 Å². The second-order valence-electron chi connectivity index (χ2n) is 3.20. The Morgan fingerprint density at radius 2 is 2.50 bits per heavy atom. The van der Waals surface area contributed by atoms with Crippen molar-refractivity contribution < 1.29 is 9.63 Å². The normalized spacial score (nSPS) is 21.2. The van der Waals surface area contributed by atoms with Crippen LogP contribution < -0.4 is 5.73 Å². The van der Waals surface area contributed by atoms with E-state index in [0.29, 0.717) is 19.6 Å². The highest BCUT2D eigenvalue weighted by Crippen LogP contribution is 2.08. The molecule has 0 radical (unpaired) electrons. The second-order valence-corrected chi connectivity index (χ2v) is 3.20. The smallest absolute Gasteiger partial charge is 0.246 e. The molecule has 1 aliphatic rings. The van der Waals surface area contributed by atoms with Gasteiger partial charge in [-0.15, -0.1) is 0 Å². The van der Waals surface area contributed by atoms with Gasteiger partial charge in [-0.05, 0) is 19.8 Å². The maximum Gasteiger partial charge on any atom is 0.246 e. The first-order valence-electron chi connectivity index (χ1n) is 4.39. The fourth-order valence-corrected chi connectivity index (χ4v) is 1.10. The Morgan fingerprint density at radius 3 is 3.08 bits per heavy atom. The molecule has 1 saturated heterocycles. The molecule has 0 aromatic carbocycles. The van der Waals surface area contributed by atoms with Crippen LogP contribution in [-0.4, -0.2) is 30.2 Å². The summed E-state index contributed by atoms with van der Waals surface area (Å²) in [4.78, 5) is 16.3. The van der Waals surface area contributed by atoms with E-state index < -0.39 is 0 Å². The maximum atomic E-state index is 11.2. The Balaban J connectivity index is 2.25. The minimum Gasteiger partial charge on any atom is -0.328 e. The molecule has 1 atom stereocenters. The highest BCUT2D eigenvalue weighted by molar-refractivity contribution is 5.75. The zero-order valence-corrected chi connectivity index (χ0v) is 7.45. The van der Waals surface area contributed by atoms with Crippen LogP contribution in [0.2, 0.25) is 0 Å². The van der Waals surface area contributed by atoms with Gasteiger partial charge in [-0.1, -0.05) is 0 Å². The molecule has 0 saturated carbocycles. The lowest BCUT2D eigenvalue weighted by Crippen LogP contribution is -2.38. The summed E-state index contributed by atoms with van der Waals surface area (Å²) in [7, 11) is 0. The maximum absolute atomic E-state index is 11.2. The predicted octanol–water partition coefficient (Wildman–Crippen LogP) is 0.278. The van der Waals surface area contributed by atoms with Crippen LogP contribution in [0.15, 0.2) is 0 Å². The van der Waals surface area contributed by atoms with Crippen molar-refractivity contribution in [1.29, 1.82) is 0 Å². The number of amides is 1. The molecule has 0 aromatic rings. The van der Waals surface area contributed by atoms with Crippen molar-refractivity contribution >= 4 is 5.91 Å². The third kappa shape index (κ3) is 2.79. The van der Waals surface area contributed by atoms with Crippen molar-refractivity contribution in [3.05, 3.63) is 0 Å². The van der Waals surface area contributed by atoms with Gasteiger partial charge >= 0.3 is 0 Å². The molecule has 0 spiro atoms. The molecule has 1 fully saturated rings. The average Bonchev–Trinajstić information content (AvgIpc) is 2.03. The zero-order chi connectivity index (χ0) is 8.97. The number of carbonyl (C=O) groups is 1. The zero-order valence-electron chi connectivity index (χ0n) is 7.45. The van der Waals surface area contributed by atoms with Gasteiger partial charge in [0.2, 0.25) is 5.91 Å². The van der Waals surface area contributed by atoms with Crippen molar-refractivity contribution in [1.82, 2.24) is 5.06 Å². The highest BCUT2D eigenvalue weighted by atomic mass is 16.7. The number of hydrogen-bond donors (Lipinski definition) is 1. The molecule has 4 heteroatoms. The van der Waals surface area contributed by atoms with Crippen LogP contribution >= 0.6 is 0 Å². The SMILES string of the molecule is CC(N)CCN1OCCCC1=O. The van der Waals surface area contributed by atoms with E-state index in [1.165, 1.54) is 5.06 Å². The van der Waals surface area contributed by atoms with Gasteiger partial charge in [0, 0.05) is 12.5 Å². The lowest BCUT2D eigenvalue weighted by atomic mass is 10.2. The van der Waals surface area contributed by atoms with Crippen molar-refractivity contribution in [2.45, 2.75) is 32.2 Å². The molecule has 1 rings (SSSR count). The van der Waals surface area contributed by atoms with Crippen LogP contribution in [0.25, 0.3) is 0 Å². The summed E-state index contributed by atoms with van der Waals surface area (Å²) in [5, 5.41) is 1.44. The average molecular weight is 172 g/mol. The van der Waals surface area contributed by atoms with E-state index in [1.807, 2.05) is 6.92 Å². The summed E-state index contributed by atoms with van der Waals surface area (Å²) < 4.78 is 0. The fraction of sp³-hybridized carbons (Fsp3) is 0.875. The summed E-state index contributed by atoms with van der Waals surface area (Å²) in [5.41, 5.74) is 5.56. The number of carbonyl (C=O) groups excluding carboxylic acids is 1. The molecular formula is C8H16N2O2. The van der Waals surface area contributed by atoms with Gasteiger partial charge in [0.05, 0.1) is 13.2 Å². The monoisotopic (exact) mass is 172 g/mol. The first-order chi connectivity index (χ1) is 5.70. The topological polar surface area (TPSA) is 55.6 Å². The quantitative estimate of drug-likeness (QED) is 0.665. The second kappa shape index (κ2) is 4.42. The summed E-state index contributed by atoms with van der Waals surface area (Å²) in [6.07, 6.45) is 2.25. The molecular weight excluding hydrogens is 156 g/mol. The summed E-state index contributed by atoms with van der Waals surface area (Å²) in [6, 6.07) is 0.128. The fourth-order valence-electron chi connectivity index (χ4n) is 1.10. The molecule has 1 amide bonds. The van der Waals surface area contributed by atoms with E-state index in [1.54, 1.807) is 0 Å². The Kier molecular flexibility index (Phi) is 3.49. The number of nitrogens with two attached hydrogens (primary N) is 1. The Labute approximate surface area is 72.6 Å². The van der Waals surface area contributed by atoms with Gasteiger partial charge < -0.3 is 5.73 Å². The first-order valence-corrected chi connectivity index (χ1v) is 4.39. The molecule has 2 N–H and O–H groups in total. The van der Waals surface area contributed by atoms with Crippen LogP contribution in [0.3, 0.4) is 0 Å². The molecule has 4 nitrogen and oxygen atoms in total. The number of hydroxylamine groups is 2. The minimum absolute atomic E-state index is 0.0851. The first kappa shape index (κ1) is 9.48. The lowest BCUT2D eigenvalue weighted by Gasteiger charge is -2.26. The Morgan fingerprint density at radius 1 is 1.75 bits per heavy atom. The minimum atomic E-state index is 0.0851. The van der Waals surface area contributed by atoms with Gasteiger partial charge in [-0.25, -0.2) is 5.06 Å². The molecule has 1 aliphatic heterocycles. The molecule has 0 aromatic heterocycles. The highest BCUT2D eigenvalue weighted by Gasteiger charge is 2.18. The lowest BCUT2D eigenvalue weighted by molar-refractivity contribution is -0.198. The van der Waals surface area contributed by atoms with Crippen molar-refractivity contribution in [3.63, 3.8) is 0 Å². The summed E-state index contributed by atoms with van der Waals surface area (Å²) in [5.74, 6) is 0.0851. The van der Waals surface area contributed by atoms with Crippen LogP contribution in [0.1, 0.15) is 26.2 Å². The molecule has 0 bridgehead atoms. The number of nitrogens with zero attached hydrogens (tertiary/aromatic N) is 1. The van der Waals surface area contributed by atoms with E-state index in [2.05, 4.69) is 0 Å². The summed E-state index contributed by atoms with van der Waals surface area (Å²) in [6.45, 7) is 3.20. The van der Waals surface area contributed by atoms with E-state index in [9.17, 15) is 4.79 Å². The van der Waals surface area contributed by atoms with Crippen molar-refractivity contribution in [2.24, 2.45) is 5.73 Å². The molecule has 1 unspecified atom stereocenters. The number of rotatable bonds is 3. The summed E-state index contributed by atoms with van der Waals surface area (Å²) >= 11 is 0. The largest absolute Gasteiger partial charge is 0.328 e. The standard InChI is InChI=1S/C8H16N2O2/c1-7(9)4-5-10-8(11)3-2-6-12-10/h7H,2-6,9H2,1H3. The van der Waals surface area contributed by atoms with E-state index in [-0.39, 0.29) is 11.9 Å². The van der Waals surface area contributed by atoms with Crippen molar-refractivity contribution in [3.8, 4) is 0 Å². The molecule has 1 heterocycles.